The Kier molecular flexibility index (Phi) is 11.3. The molecule has 294 valence electrons. The van der Waals surface area contributed by atoms with Gasteiger partial charge in [-0.15, -0.1) is 0 Å². The molecule has 0 saturated carbocycles. The molecule has 6 aromatic carbocycles. The Bertz CT molecular complexity index is 2540. The minimum absolute atomic E-state index is 0.411. The summed E-state index contributed by atoms with van der Waals surface area (Å²) in [6.07, 6.45) is 0. The van der Waals surface area contributed by atoms with Crippen LogP contribution in [-0.4, -0.2) is 19.1 Å². The van der Waals surface area contributed by atoms with E-state index in [0.29, 0.717) is 51.0 Å². The lowest BCUT2D eigenvalue weighted by atomic mass is 9.81. The van der Waals surface area contributed by atoms with Crippen LogP contribution in [0.5, 0.6) is 28.7 Å². The van der Waals surface area contributed by atoms with Crippen LogP contribution in [0.25, 0.3) is 44.2 Å². The summed E-state index contributed by atoms with van der Waals surface area (Å²) in [7, 11) is -1.30. The van der Waals surface area contributed by atoms with E-state index in [9.17, 15) is 4.89 Å². The molecule has 57 heavy (non-hydrogen) atoms. The van der Waals surface area contributed by atoms with Gasteiger partial charge in [-0.25, -0.2) is 0 Å². The maximum atomic E-state index is 11.8. The van der Waals surface area contributed by atoms with Gasteiger partial charge in [-0.1, -0.05) is 120 Å². The number of hydrogen-bond acceptors (Lipinski definition) is 8. The van der Waals surface area contributed by atoms with Crippen molar-refractivity contribution in [3.63, 3.8) is 0 Å². The molecule has 0 spiro atoms. The fourth-order valence-electron chi connectivity index (χ4n) is 6.80. The fraction of sp³-hybridized carbons (Fsp3) is 0.234. The molecule has 7 aromatic rings. The summed E-state index contributed by atoms with van der Waals surface area (Å²) in [6, 6.07) is 39.1. The van der Waals surface area contributed by atoms with Gasteiger partial charge in [0.1, 0.15) is 39.9 Å². The van der Waals surface area contributed by atoms with E-state index < -0.39 is 27.7 Å². The zero-order valence-electron chi connectivity index (χ0n) is 33.7. The predicted molar refractivity (Wildman–Crippen MR) is 232 cm³/mol. The normalized spacial score (nSPS) is 12.3. The van der Waals surface area contributed by atoms with Crippen LogP contribution in [0.15, 0.2) is 130 Å². The number of methoxy groups -OCH3 is 2. The molecule has 0 bridgehead atoms. The number of hydrogen-bond donors (Lipinski definition) is 1. The Morgan fingerprint density at radius 2 is 1.02 bits per heavy atom. The first kappa shape index (κ1) is 39.8. The molecule has 1 N–H and O–H groups in total. The van der Waals surface area contributed by atoms with E-state index >= 15 is 0 Å². The fourth-order valence-corrected chi connectivity index (χ4v) is 8.62. The molecule has 0 aliphatic carbocycles. The SMILES string of the molecule is COc1cc(-c2cc(OC)cc(C(C)(C)C)c2Op2oc3ccccc3c3ccccc3o2)c(OP(O)Oc2ccccc2-c2ccccc2C)c(C(C)(C)C)c1. The van der Waals surface area contributed by atoms with Crippen molar-refractivity contribution in [2.24, 2.45) is 0 Å². The molecule has 7 rings (SSSR count). The first-order valence-corrected chi connectivity index (χ1v) is 21.0. The van der Waals surface area contributed by atoms with Crippen LogP contribution >= 0.6 is 16.8 Å². The summed E-state index contributed by atoms with van der Waals surface area (Å²) < 4.78 is 44.9. The van der Waals surface area contributed by atoms with Crippen LogP contribution in [0, 0.1) is 6.92 Å². The molecule has 1 unspecified atom stereocenters. The predicted octanol–water partition coefficient (Wildman–Crippen LogP) is 14.1. The maximum absolute atomic E-state index is 11.8. The third-order valence-electron chi connectivity index (χ3n) is 9.75. The summed E-state index contributed by atoms with van der Waals surface area (Å²) in [4.78, 5) is 11.8. The Hall–Kier alpha value is -5.39. The van der Waals surface area contributed by atoms with Crippen molar-refractivity contribution >= 4 is 38.8 Å². The summed E-state index contributed by atoms with van der Waals surface area (Å²) in [5.41, 5.74) is 6.18. The highest BCUT2D eigenvalue weighted by molar-refractivity contribution is 7.41. The lowest BCUT2D eigenvalue weighted by Crippen LogP contribution is -2.15. The van der Waals surface area contributed by atoms with Crippen molar-refractivity contribution in [1.82, 2.24) is 0 Å². The zero-order valence-corrected chi connectivity index (χ0v) is 35.5. The minimum atomic E-state index is -2.52. The molecule has 1 atom stereocenters. The summed E-state index contributed by atoms with van der Waals surface area (Å²) in [6.45, 7) is 14.6. The number of fused-ring (bicyclic) bond motifs is 3. The molecule has 8 nitrogen and oxygen atoms in total. The van der Waals surface area contributed by atoms with E-state index in [1.54, 1.807) is 14.2 Å². The number of para-hydroxylation sites is 3. The molecule has 1 heterocycles. The highest BCUT2D eigenvalue weighted by Crippen LogP contribution is 2.54. The second-order valence-corrected chi connectivity index (χ2v) is 17.7. The quantitative estimate of drug-likeness (QED) is 0.137. The number of rotatable bonds is 10. The molecule has 1 aromatic heterocycles. The van der Waals surface area contributed by atoms with Gasteiger partial charge in [0.2, 0.25) is 0 Å². The third kappa shape index (κ3) is 8.50. The second kappa shape index (κ2) is 16.2. The largest absolute Gasteiger partial charge is 0.497 e. The average molecular weight is 803 g/mol. The van der Waals surface area contributed by atoms with E-state index in [1.807, 2.05) is 128 Å². The first-order chi connectivity index (χ1) is 27.2. The Labute approximate surface area is 336 Å². The Balaban J connectivity index is 1.44. The standard InChI is InChI=1S/C47H48O8P2/c1-30-18-10-11-19-33(30)34-20-12-15-23-41(34)51-56(48)54-44-37(26-31(49-8)28-39(44)46(2,3)4)38-27-32(50-9)29-40(47(5,6)7)45(38)55-57-52-42-24-16-13-21-35(42)36-22-14-17-25-43(36)53-57/h10-29,48H,1-9H3. The van der Waals surface area contributed by atoms with Crippen LogP contribution in [0.4, 0.5) is 0 Å². The van der Waals surface area contributed by atoms with Crippen molar-refractivity contribution in [2.75, 3.05) is 14.2 Å². The van der Waals surface area contributed by atoms with Gasteiger partial charge >= 0.3 is 16.8 Å². The lowest BCUT2D eigenvalue weighted by Gasteiger charge is -2.29. The lowest BCUT2D eigenvalue weighted by molar-refractivity contribution is 0.374. The van der Waals surface area contributed by atoms with E-state index in [1.165, 1.54) is 0 Å². The number of aryl methyl sites for hydroxylation is 1. The molecule has 0 aliphatic rings. The molecular weight excluding hydrogens is 754 g/mol. The second-order valence-electron chi connectivity index (χ2n) is 15.8. The maximum Gasteiger partial charge on any atom is 0.460 e. The van der Waals surface area contributed by atoms with Crippen molar-refractivity contribution in [2.45, 2.75) is 59.3 Å². The molecule has 10 heteroatoms. The van der Waals surface area contributed by atoms with Crippen molar-refractivity contribution in [3.8, 4) is 51.0 Å². The van der Waals surface area contributed by atoms with Crippen LogP contribution in [-0.2, 0) is 10.8 Å². The van der Waals surface area contributed by atoms with Crippen molar-refractivity contribution in [1.29, 1.82) is 0 Å². The van der Waals surface area contributed by atoms with Gasteiger partial charge in [0.05, 0.1) is 14.2 Å². The van der Waals surface area contributed by atoms with Gasteiger partial charge in [0, 0.05) is 38.6 Å². The van der Waals surface area contributed by atoms with E-state index in [4.69, 9.17) is 31.4 Å². The average Bonchev–Trinajstić information content (AvgIpc) is 3.34. The number of ether oxygens (including phenoxy) is 2. The summed E-state index contributed by atoms with van der Waals surface area (Å²) >= 11 is 0. The highest BCUT2D eigenvalue weighted by Gasteiger charge is 2.32. The third-order valence-corrected chi connectivity index (χ3v) is 11.5. The van der Waals surface area contributed by atoms with Crippen LogP contribution in [0.1, 0.15) is 58.2 Å². The molecular formula is C47H48O8P2. The molecule has 0 radical (unpaired) electrons. The smallest absolute Gasteiger partial charge is 0.460 e. The van der Waals surface area contributed by atoms with Crippen LogP contribution < -0.4 is 23.0 Å². The van der Waals surface area contributed by atoms with Gasteiger partial charge in [0.15, 0.2) is 0 Å². The molecule has 0 saturated heterocycles. The van der Waals surface area contributed by atoms with Gasteiger partial charge in [-0.3, -0.25) is 0 Å². The van der Waals surface area contributed by atoms with Gasteiger partial charge < -0.3 is 36.3 Å². The van der Waals surface area contributed by atoms with Gasteiger partial charge in [-0.2, -0.15) is 0 Å². The summed E-state index contributed by atoms with van der Waals surface area (Å²) in [5, 5.41) is 1.82. The Morgan fingerprint density at radius 1 is 0.544 bits per heavy atom. The molecule has 0 fully saturated rings. The summed E-state index contributed by atoms with van der Waals surface area (Å²) in [5.74, 6) is 2.62. The highest BCUT2D eigenvalue weighted by atomic mass is 31.2. The van der Waals surface area contributed by atoms with Crippen LogP contribution in [0.3, 0.4) is 0 Å². The van der Waals surface area contributed by atoms with Crippen LogP contribution in [0.2, 0.25) is 0 Å². The molecule has 0 amide bonds. The van der Waals surface area contributed by atoms with Gasteiger partial charge in [0.25, 0.3) is 0 Å². The van der Waals surface area contributed by atoms with Crippen molar-refractivity contribution in [3.05, 3.63) is 138 Å². The Morgan fingerprint density at radius 3 is 1.56 bits per heavy atom. The topological polar surface area (TPSA) is 92.7 Å². The zero-order chi connectivity index (χ0) is 40.5. The first-order valence-electron chi connectivity index (χ1n) is 18.7. The monoisotopic (exact) mass is 802 g/mol. The number of benzene rings is 6. The minimum Gasteiger partial charge on any atom is -0.497 e. The van der Waals surface area contributed by atoms with E-state index in [2.05, 4.69) is 41.5 Å². The molecule has 0 aliphatic heterocycles. The van der Waals surface area contributed by atoms with E-state index in [-0.39, 0.29) is 0 Å². The van der Waals surface area contributed by atoms with Crippen molar-refractivity contribution < 1.29 is 36.3 Å². The van der Waals surface area contributed by atoms with E-state index in [0.717, 1.165) is 38.6 Å². The van der Waals surface area contributed by atoms with Gasteiger partial charge in [-0.05, 0) is 71.3 Å².